The fourth-order valence-corrected chi connectivity index (χ4v) is 4.88. The SMILES string of the molecule is C[C@H](O)C#Cc1ccc([C@H]2[C@@H](CO)N3CCCCN(C(=O)c4ccc(F)cc4)C[C@H]23)cc1. The third-order valence-corrected chi connectivity index (χ3v) is 6.47. The number of hydrogen-bond acceptors (Lipinski definition) is 4. The maximum Gasteiger partial charge on any atom is 0.253 e. The summed E-state index contributed by atoms with van der Waals surface area (Å²) >= 11 is 0. The summed E-state index contributed by atoms with van der Waals surface area (Å²) in [6.45, 7) is 3.84. The molecule has 0 unspecified atom stereocenters. The van der Waals surface area contributed by atoms with Crippen molar-refractivity contribution in [3.63, 3.8) is 0 Å². The second-order valence-corrected chi connectivity index (χ2v) is 8.61. The maximum atomic E-state index is 13.3. The van der Waals surface area contributed by atoms with Crippen molar-refractivity contribution in [1.82, 2.24) is 9.80 Å². The summed E-state index contributed by atoms with van der Waals surface area (Å²) in [5, 5.41) is 19.4. The van der Waals surface area contributed by atoms with Crippen LogP contribution >= 0.6 is 0 Å². The van der Waals surface area contributed by atoms with Crippen molar-refractivity contribution < 1.29 is 19.4 Å². The van der Waals surface area contributed by atoms with Gasteiger partial charge in [-0.3, -0.25) is 9.69 Å². The van der Waals surface area contributed by atoms with E-state index in [0.29, 0.717) is 18.7 Å². The van der Waals surface area contributed by atoms with Crippen LogP contribution in [0.3, 0.4) is 0 Å². The van der Waals surface area contributed by atoms with Gasteiger partial charge in [-0.2, -0.15) is 0 Å². The van der Waals surface area contributed by atoms with Crippen LogP contribution in [0.4, 0.5) is 4.39 Å². The summed E-state index contributed by atoms with van der Waals surface area (Å²) in [6.07, 6.45) is 1.18. The van der Waals surface area contributed by atoms with Gasteiger partial charge in [0.25, 0.3) is 5.91 Å². The molecule has 6 heteroatoms. The molecule has 2 N–H and O–H groups in total. The lowest BCUT2D eigenvalue weighted by Gasteiger charge is -2.57. The Labute approximate surface area is 188 Å². The molecule has 168 valence electrons. The molecule has 2 aliphatic heterocycles. The number of carbonyl (C=O) groups is 1. The molecule has 2 aromatic rings. The second kappa shape index (κ2) is 9.83. The molecule has 2 aromatic carbocycles. The zero-order chi connectivity index (χ0) is 22.7. The van der Waals surface area contributed by atoms with Gasteiger partial charge in [-0.15, -0.1) is 0 Å². The highest BCUT2D eigenvalue weighted by atomic mass is 19.1. The summed E-state index contributed by atoms with van der Waals surface area (Å²) < 4.78 is 13.3. The van der Waals surface area contributed by atoms with Crippen LogP contribution in [0.15, 0.2) is 48.5 Å². The molecule has 4 rings (SSSR count). The Kier molecular flexibility index (Phi) is 6.90. The van der Waals surface area contributed by atoms with Gasteiger partial charge in [0.05, 0.1) is 6.61 Å². The zero-order valence-corrected chi connectivity index (χ0v) is 18.2. The Morgan fingerprint density at radius 3 is 2.47 bits per heavy atom. The molecule has 0 aliphatic carbocycles. The number of carbonyl (C=O) groups excluding carboxylic acids is 1. The maximum absolute atomic E-state index is 13.3. The molecule has 0 aromatic heterocycles. The molecule has 32 heavy (non-hydrogen) atoms. The van der Waals surface area contributed by atoms with Gasteiger partial charge in [0.15, 0.2) is 0 Å². The van der Waals surface area contributed by atoms with Gasteiger partial charge in [-0.05, 0) is 68.3 Å². The highest BCUT2D eigenvalue weighted by Gasteiger charge is 2.49. The molecular formula is C26H29FN2O3. The second-order valence-electron chi connectivity index (χ2n) is 8.61. The summed E-state index contributed by atoms with van der Waals surface area (Å²) in [4.78, 5) is 17.3. The highest BCUT2D eigenvalue weighted by molar-refractivity contribution is 5.94. The predicted octanol–water partition coefficient (Wildman–Crippen LogP) is 2.62. The molecule has 2 saturated heterocycles. The van der Waals surface area contributed by atoms with E-state index in [0.717, 1.165) is 30.5 Å². The van der Waals surface area contributed by atoms with Gasteiger partial charge >= 0.3 is 0 Å². The molecule has 0 radical (unpaired) electrons. The molecule has 0 spiro atoms. The molecule has 5 nitrogen and oxygen atoms in total. The molecule has 0 saturated carbocycles. The molecule has 0 bridgehead atoms. The molecule has 1 amide bonds. The van der Waals surface area contributed by atoms with E-state index in [1.807, 2.05) is 29.2 Å². The smallest absolute Gasteiger partial charge is 0.253 e. The number of amides is 1. The lowest BCUT2D eigenvalue weighted by Crippen LogP contribution is -2.67. The van der Waals surface area contributed by atoms with E-state index in [1.165, 1.54) is 24.3 Å². The van der Waals surface area contributed by atoms with Crippen molar-refractivity contribution >= 4 is 5.91 Å². The van der Waals surface area contributed by atoms with E-state index in [1.54, 1.807) is 6.92 Å². The minimum atomic E-state index is -0.673. The number of aliphatic hydroxyl groups is 2. The molecule has 4 atom stereocenters. The first-order valence-electron chi connectivity index (χ1n) is 11.2. The fraction of sp³-hybridized carbons (Fsp3) is 0.423. The first kappa shape index (κ1) is 22.5. The van der Waals surface area contributed by atoms with Crippen LogP contribution in [-0.2, 0) is 0 Å². The fourth-order valence-electron chi connectivity index (χ4n) is 4.88. The van der Waals surface area contributed by atoms with Crippen molar-refractivity contribution in [2.24, 2.45) is 0 Å². The van der Waals surface area contributed by atoms with Gasteiger partial charge < -0.3 is 15.1 Å². The van der Waals surface area contributed by atoms with Crippen LogP contribution in [0, 0.1) is 17.7 Å². The zero-order valence-electron chi connectivity index (χ0n) is 18.2. The minimum absolute atomic E-state index is 0.0234. The first-order valence-corrected chi connectivity index (χ1v) is 11.2. The summed E-state index contributed by atoms with van der Waals surface area (Å²) in [5.41, 5.74) is 2.44. The van der Waals surface area contributed by atoms with Gasteiger partial charge in [0, 0.05) is 42.2 Å². The van der Waals surface area contributed by atoms with Crippen molar-refractivity contribution in [2.45, 2.75) is 43.9 Å². The first-order chi connectivity index (χ1) is 15.5. The lowest BCUT2D eigenvalue weighted by atomic mass is 9.74. The van der Waals surface area contributed by atoms with Crippen molar-refractivity contribution in [1.29, 1.82) is 0 Å². The number of aliphatic hydroxyl groups excluding tert-OH is 2. The van der Waals surface area contributed by atoms with E-state index in [2.05, 4.69) is 16.7 Å². The number of rotatable bonds is 3. The summed E-state index contributed by atoms with van der Waals surface area (Å²) in [6, 6.07) is 13.8. The molecule has 2 heterocycles. The Hall–Kier alpha value is -2.72. The van der Waals surface area contributed by atoms with Crippen LogP contribution in [0.1, 0.15) is 47.2 Å². The topological polar surface area (TPSA) is 64.0 Å². The van der Waals surface area contributed by atoms with Crippen LogP contribution in [0.2, 0.25) is 0 Å². The molecular weight excluding hydrogens is 407 g/mol. The third kappa shape index (κ3) is 4.71. The Bertz CT molecular complexity index is 994. The Morgan fingerprint density at radius 2 is 1.81 bits per heavy atom. The van der Waals surface area contributed by atoms with Crippen molar-refractivity contribution in [2.75, 3.05) is 26.2 Å². The van der Waals surface area contributed by atoms with Crippen LogP contribution in [0.5, 0.6) is 0 Å². The molecule has 2 fully saturated rings. The number of benzene rings is 2. The Morgan fingerprint density at radius 1 is 1.12 bits per heavy atom. The monoisotopic (exact) mass is 436 g/mol. The average molecular weight is 437 g/mol. The van der Waals surface area contributed by atoms with Crippen LogP contribution in [-0.4, -0.2) is 70.3 Å². The van der Waals surface area contributed by atoms with Crippen molar-refractivity contribution in [3.05, 3.63) is 71.0 Å². The van der Waals surface area contributed by atoms with Gasteiger partial charge in [-0.1, -0.05) is 24.0 Å². The van der Waals surface area contributed by atoms with Gasteiger partial charge in [0.1, 0.15) is 11.9 Å². The average Bonchev–Trinajstić information content (AvgIpc) is 2.77. The highest BCUT2D eigenvalue weighted by Crippen LogP contribution is 2.42. The number of nitrogens with zero attached hydrogens (tertiary/aromatic N) is 2. The van der Waals surface area contributed by atoms with Crippen LogP contribution < -0.4 is 0 Å². The van der Waals surface area contributed by atoms with E-state index in [9.17, 15) is 19.4 Å². The van der Waals surface area contributed by atoms with E-state index in [4.69, 9.17) is 0 Å². The van der Waals surface area contributed by atoms with Gasteiger partial charge in [0.2, 0.25) is 0 Å². The minimum Gasteiger partial charge on any atom is -0.395 e. The summed E-state index contributed by atoms with van der Waals surface area (Å²) in [5.74, 6) is 5.37. The van der Waals surface area contributed by atoms with E-state index < -0.39 is 6.10 Å². The lowest BCUT2D eigenvalue weighted by molar-refractivity contribution is -0.0606. The third-order valence-electron chi connectivity index (χ3n) is 6.47. The van der Waals surface area contributed by atoms with Crippen LogP contribution in [0.25, 0.3) is 0 Å². The van der Waals surface area contributed by atoms with Gasteiger partial charge in [-0.25, -0.2) is 4.39 Å². The normalized spacial score (nSPS) is 24.2. The number of halogens is 1. The Balaban J connectivity index is 1.55. The number of hydrogen-bond donors (Lipinski definition) is 2. The quantitative estimate of drug-likeness (QED) is 0.727. The standard InChI is InChI=1S/C26H29FN2O3/c1-18(31)4-5-19-6-8-20(9-7-19)25-23-16-28(14-2-3-15-29(23)24(25)17-30)26(32)21-10-12-22(27)13-11-21/h6-13,18,23-25,30-31H,2-3,14-17H2,1H3/t18-,23+,24+,25+/m0/s1. The molecule has 2 aliphatic rings. The van der Waals surface area contributed by atoms with E-state index in [-0.39, 0.29) is 36.3 Å². The predicted molar refractivity (Wildman–Crippen MR) is 121 cm³/mol. The number of fused-ring (bicyclic) bond motifs is 1. The largest absolute Gasteiger partial charge is 0.395 e. The van der Waals surface area contributed by atoms with Crippen molar-refractivity contribution in [3.8, 4) is 11.8 Å². The summed E-state index contributed by atoms with van der Waals surface area (Å²) in [7, 11) is 0. The van der Waals surface area contributed by atoms with E-state index >= 15 is 0 Å².